The molecule has 0 radical (unpaired) electrons. The molecule has 72 valence electrons. The molecule has 0 saturated carbocycles. The lowest BCUT2D eigenvalue weighted by atomic mass is 10.2. The molecule has 0 unspecified atom stereocenters. The van der Waals surface area contributed by atoms with Gasteiger partial charge in [-0.15, -0.1) is 0 Å². The summed E-state index contributed by atoms with van der Waals surface area (Å²) in [5.74, 6) is 1.43. The highest BCUT2D eigenvalue weighted by Crippen LogP contribution is 2.33. The Balaban J connectivity index is 3.18. The Morgan fingerprint density at radius 2 is 1.85 bits per heavy atom. The molecule has 1 rings (SSSR count). The van der Waals surface area contributed by atoms with E-state index in [9.17, 15) is 0 Å². The maximum Gasteiger partial charge on any atom is 0.138 e. The highest BCUT2D eigenvalue weighted by Gasteiger charge is 2.08. The highest BCUT2D eigenvalue weighted by atomic mass is 79.9. The molecule has 0 atom stereocenters. The van der Waals surface area contributed by atoms with Gasteiger partial charge in [0.25, 0.3) is 0 Å². The summed E-state index contributed by atoms with van der Waals surface area (Å²) < 4.78 is 10.2. The van der Waals surface area contributed by atoms with Crippen molar-refractivity contribution in [2.45, 2.75) is 5.33 Å². The third-order valence-corrected chi connectivity index (χ3v) is 2.60. The van der Waals surface area contributed by atoms with E-state index in [1.807, 2.05) is 6.07 Å². The minimum absolute atomic E-state index is 0.559. The van der Waals surface area contributed by atoms with Crippen LogP contribution < -0.4 is 9.47 Å². The van der Waals surface area contributed by atoms with Gasteiger partial charge >= 0.3 is 0 Å². The Hall–Kier alpha value is -0.410. The predicted octanol–water partition coefficient (Wildman–Crippen LogP) is 3.25. The van der Waals surface area contributed by atoms with Crippen LogP contribution in [-0.4, -0.2) is 14.2 Å². The molecule has 13 heavy (non-hydrogen) atoms. The number of hydrogen-bond donors (Lipinski definition) is 0. The first-order chi connectivity index (χ1) is 6.22. The van der Waals surface area contributed by atoms with Gasteiger partial charge in [0.1, 0.15) is 11.5 Å². The topological polar surface area (TPSA) is 18.5 Å². The summed E-state index contributed by atoms with van der Waals surface area (Å²) in [6.07, 6.45) is 0. The van der Waals surface area contributed by atoms with Gasteiger partial charge in [-0.05, 0) is 6.07 Å². The quantitative estimate of drug-likeness (QED) is 0.781. The van der Waals surface area contributed by atoms with Crippen molar-refractivity contribution in [1.29, 1.82) is 0 Å². The van der Waals surface area contributed by atoms with Gasteiger partial charge in [0.2, 0.25) is 0 Å². The molecule has 0 aliphatic heterocycles. The van der Waals surface area contributed by atoms with E-state index in [0.29, 0.717) is 16.1 Å². The monoisotopic (exact) mass is 264 g/mol. The zero-order valence-electron chi connectivity index (χ0n) is 7.43. The second-order valence-electron chi connectivity index (χ2n) is 2.43. The van der Waals surface area contributed by atoms with E-state index in [-0.39, 0.29) is 0 Å². The predicted molar refractivity (Wildman–Crippen MR) is 57.2 cm³/mol. The number of hydrogen-bond acceptors (Lipinski definition) is 2. The van der Waals surface area contributed by atoms with E-state index in [0.717, 1.165) is 11.3 Å². The van der Waals surface area contributed by atoms with Gasteiger partial charge in [0.15, 0.2) is 0 Å². The molecule has 0 N–H and O–H groups in total. The highest BCUT2D eigenvalue weighted by molar-refractivity contribution is 9.08. The van der Waals surface area contributed by atoms with Gasteiger partial charge in [-0.3, -0.25) is 0 Å². The first kappa shape index (κ1) is 10.7. The maximum atomic E-state index is 5.92. The summed E-state index contributed by atoms with van der Waals surface area (Å²) in [6, 6.07) is 3.60. The van der Waals surface area contributed by atoms with Crippen LogP contribution in [0.25, 0.3) is 0 Å². The van der Waals surface area contributed by atoms with Crippen molar-refractivity contribution in [2.75, 3.05) is 14.2 Å². The average molecular weight is 266 g/mol. The molecule has 0 heterocycles. The summed E-state index contributed by atoms with van der Waals surface area (Å²) in [7, 11) is 3.20. The van der Waals surface area contributed by atoms with E-state index in [1.165, 1.54) is 0 Å². The van der Waals surface area contributed by atoms with Gasteiger partial charge in [0, 0.05) is 17.0 Å². The lowest BCUT2D eigenvalue weighted by Crippen LogP contribution is -1.92. The fourth-order valence-electron chi connectivity index (χ4n) is 1.03. The third kappa shape index (κ3) is 2.29. The zero-order chi connectivity index (χ0) is 9.84. The van der Waals surface area contributed by atoms with Crippen LogP contribution in [0.1, 0.15) is 5.56 Å². The lowest BCUT2D eigenvalue weighted by Gasteiger charge is -2.09. The number of alkyl halides is 1. The second kappa shape index (κ2) is 4.72. The molecule has 0 saturated heterocycles. The normalized spacial score (nSPS) is 9.85. The van der Waals surface area contributed by atoms with Crippen LogP contribution >= 0.6 is 27.5 Å². The molecule has 0 aliphatic rings. The number of halogens is 2. The molecule has 0 amide bonds. The van der Waals surface area contributed by atoms with Crippen LogP contribution in [0.3, 0.4) is 0 Å². The molecule has 2 nitrogen and oxygen atoms in total. The summed E-state index contributed by atoms with van der Waals surface area (Å²) in [4.78, 5) is 0. The average Bonchev–Trinajstić information content (AvgIpc) is 2.17. The molecule has 0 bridgehead atoms. The molecule has 0 fully saturated rings. The Bertz CT molecular complexity index is 302. The van der Waals surface area contributed by atoms with Crippen molar-refractivity contribution in [2.24, 2.45) is 0 Å². The summed E-state index contributed by atoms with van der Waals surface area (Å²) in [5.41, 5.74) is 1.02. The van der Waals surface area contributed by atoms with Crippen molar-refractivity contribution in [3.8, 4) is 11.5 Å². The largest absolute Gasteiger partial charge is 0.496 e. The second-order valence-corrected chi connectivity index (χ2v) is 3.40. The maximum absolute atomic E-state index is 5.92. The molecule has 1 aromatic carbocycles. The van der Waals surface area contributed by atoms with E-state index < -0.39 is 0 Å². The minimum Gasteiger partial charge on any atom is -0.496 e. The number of benzene rings is 1. The van der Waals surface area contributed by atoms with Crippen LogP contribution in [-0.2, 0) is 5.33 Å². The Morgan fingerprint density at radius 1 is 1.23 bits per heavy atom. The van der Waals surface area contributed by atoms with Crippen molar-refractivity contribution in [1.82, 2.24) is 0 Å². The van der Waals surface area contributed by atoms with E-state index in [4.69, 9.17) is 21.1 Å². The zero-order valence-corrected chi connectivity index (χ0v) is 9.78. The molecule has 0 spiro atoms. The van der Waals surface area contributed by atoms with Gasteiger partial charge in [-0.1, -0.05) is 27.5 Å². The van der Waals surface area contributed by atoms with Crippen molar-refractivity contribution in [3.63, 3.8) is 0 Å². The Morgan fingerprint density at radius 3 is 2.31 bits per heavy atom. The number of ether oxygens (including phenoxy) is 2. The van der Waals surface area contributed by atoms with Gasteiger partial charge in [0.05, 0.1) is 19.2 Å². The van der Waals surface area contributed by atoms with Crippen LogP contribution in [0, 0.1) is 0 Å². The standard InChI is InChI=1S/C9H10BrClO2/c1-12-8-4-7(11)9(13-2)3-6(8)5-10/h3-4H,5H2,1-2H3. The van der Waals surface area contributed by atoms with Gasteiger partial charge in [-0.2, -0.15) is 0 Å². The smallest absolute Gasteiger partial charge is 0.138 e. The minimum atomic E-state index is 0.559. The molecular formula is C9H10BrClO2. The van der Waals surface area contributed by atoms with Crippen LogP contribution in [0.2, 0.25) is 5.02 Å². The fraction of sp³-hybridized carbons (Fsp3) is 0.333. The number of methoxy groups -OCH3 is 2. The molecular weight excluding hydrogens is 255 g/mol. The summed E-state index contributed by atoms with van der Waals surface area (Å²) >= 11 is 9.28. The fourth-order valence-corrected chi connectivity index (χ4v) is 1.70. The third-order valence-electron chi connectivity index (χ3n) is 1.70. The van der Waals surface area contributed by atoms with Crippen LogP contribution in [0.4, 0.5) is 0 Å². The van der Waals surface area contributed by atoms with Gasteiger partial charge < -0.3 is 9.47 Å². The molecule has 0 aromatic heterocycles. The summed E-state index contributed by atoms with van der Waals surface area (Å²) in [5, 5.41) is 1.27. The van der Waals surface area contributed by atoms with Gasteiger partial charge in [-0.25, -0.2) is 0 Å². The van der Waals surface area contributed by atoms with Crippen molar-refractivity contribution >= 4 is 27.5 Å². The van der Waals surface area contributed by atoms with E-state index in [1.54, 1.807) is 20.3 Å². The summed E-state index contributed by atoms with van der Waals surface area (Å²) in [6.45, 7) is 0. The van der Waals surface area contributed by atoms with Crippen molar-refractivity contribution < 1.29 is 9.47 Å². The lowest BCUT2D eigenvalue weighted by molar-refractivity contribution is 0.400. The first-order valence-corrected chi connectivity index (χ1v) is 5.19. The van der Waals surface area contributed by atoms with Crippen LogP contribution in [0.15, 0.2) is 12.1 Å². The Labute approximate surface area is 90.9 Å². The van der Waals surface area contributed by atoms with E-state index in [2.05, 4.69) is 15.9 Å². The number of rotatable bonds is 3. The Kier molecular flexibility index (Phi) is 3.88. The van der Waals surface area contributed by atoms with E-state index >= 15 is 0 Å². The molecule has 1 aromatic rings. The molecule has 4 heteroatoms. The first-order valence-electron chi connectivity index (χ1n) is 3.69. The molecule has 0 aliphatic carbocycles. The van der Waals surface area contributed by atoms with Crippen molar-refractivity contribution in [3.05, 3.63) is 22.7 Å². The SMILES string of the molecule is COc1cc(CBr)c(OC)cc1Cl. The van der Waals surface area contributed by atoms with Crippen LogP contribution in [0.5, 0.6) is 11.5 Å².